The maximum atomic E-state index is 13.2. The van der Waals surface area contributed by atoms with E-state index in [1.54, 1.807) is 12.0 Å². The number of methoxy groups -OCH3 is 1. The van der Waals surface area contributed by atoms with Crippen LogP contribution in [0.5, 0.6) is 5.75 Å². The lowest BCUT2D eigenvalue weighted by atomic mass is 9.91. The Kier molecular flexibility index (Phi) is 7.59. The molecule has 1 unspecified atom stereocenters. The molecule has 6 heteroatoms. The van der Waals surface area contributed by atoms with E-state index in [0.717, 1.165) is 35.4 Å². The van der Waals surface area contributed by atoms with E-state index in [1.807, 2.05) is 82.2 Å². The molecule has 33 heavy (non-hydrogen) atoms. The highest BCUT2D eigenvalue weighted by molar-refractivity contribution is 6.46. The van der Waals surface area contributed by atoms with Crippen LogP contribution in [0.15, 0.2) is 48.0 Å². The van der Waals surface area contributed by atoms with Crippen molar-refractivity contribution in [3.05, 3.63) is 70.3 Å². The first-order valence-corrected chi connectivity index (χ1v) is 11.3. The molecule has 1 saturated heterocycles. The van der Waals surface area contributed by atoms with E-state index < -0.39 is 17.7 Å². The third kappa shape index (κ3) is 4.96. The quantitative estimate of drug-likeness (QED) is 0.364. The smallest absolute Gasteiger partial charge is 0.295 e. The van der Waals surface area contributed by atoms with E-state index in [-0.39, 0.29) is 17.3 Å². The first-order valence-electron chi connectivity index (χ1n) is 11.3. The van der Waals surface area contributed by atoms with Crippen molar-refractivity contribution < 1.29 is 19.4 Å². The molecule has 1 fully saturated rings. The van der Waals surface area contributed by atoms with Crippen molar-refractivity contribution in [3.8, 4) is 5.75 Å². The number of ether oxygens (including phenoxy) is 1. The van der Waals surface area contributed by atoms with Crippen molar-refractivity contribution in [2.45, 2.75) is 39.2 Å². The molecule has 1 aliphatic rings. The van der Waals surface area contributed by atoms with Crippen LogP contribution in [-0.4, -0.2) is 60.9 Å². The first-order chi connectivity index (χ1) is 15.7. The predicted octanol–water partition coefficient (Wildman–Crippen LogP) is 4.50. The molecule has 176 valence electrons. The minimum absolute atomic E-state index is 0.138. The van der Waals surface area contributed by atoms with Crippen LogP contribution in [-0.2, 0) is 9.59 Å². The Bertz CT molecular complexity index is 1060. The third-order valence-corrected chi connectivity index (χ3v) is 6.11. The van der Waals surface area contributed by atoms with Crippen LogP contribution in [0.1, 0.15) is 54.5 Å². The van der Waals surface area contributed by atoms with Gasteiger partial charge in [0.05, 0.1) is 18.7 Å². The van der Waals surface area contributed by atoms with Gasteiger partial charge in [-0.15, -0.1) is 0 Å². The van der Waals surface area contributed by atoms with E-state index in [1.165, 1.54) is 0 Å². The summed E-state index contributed by atoms with van der Waals surface area (Å²) in [5.74, 6) is -0.459. The van der Waals surface area contributed by atoms with Crippen LogP contribution < -0.4 is 4.74 Å². The molecule has 0 aliphatic carbocycles. The number of nitrogens with zero attached hydrogens (tertiary/aromatic N) is 2. The molecule has 2 aromatic rings. The molecule has 0 saturated carbocycles. The minimum Gasteiger partial charge on any atom is -0.507 e. The Hall–Kier alpha value is -3.12. The maximum Gasteiger partial charge on any atom is 0.295 e. The van der Waals surface area contributed by atoms with Gasteiger partial charge in [0.1, 0.15) is 11.5 Å². The third-order valence-electron chi connectivity index (χ3n) is 6.11. The van der Waals surface area contributed by atoms with Crippen LogP contribution in [0.3, 0.4) is 0 Å². The second kappa shape index (κ2) is 10.2. The van der Waals surface area contributed by atoms with Crippen LogP contribution in [0.4, 0.5) is 0 Å². The number of carbonyl (C=O) groups is 2. The van der Waals surface area contributed by atoms with Crippen molar-refractivity contribution in [2.75, 3.05) is 34.3 Å². The average molecular weight is 451 g/mol. The average Bonchev–Trinajstić information content (AvgIpc) is 3.03. The fraction of sp³-hybridized carbons (Fsp3) is 0.407. The summed E-state index contributed by atoms with van der Waals surface area (Å²) >= 11 is 0. The molecule has 1 atom stereocenters. The lowest BCUT2D eigenvalue weighted by Gasteiger charge is -2.26. The highest BCUT2D eigenvalue weighted by Crippen LogP contribution is 2.41. The Morgan fingerprint density at radius 2 is 1.82 bits per heavy atom. The van der Waals surface area contributed by atoms with Gasteiger partial charge < -0.3 is 19.6 Å². The molecule has 6 nitrogen and oxygen atoms in total. The summed E-state index contributed by atoms with van der Waals surface area (Å²) < 4.78 is 5.53. The van der Waals surface area contributed by atoms with Crippen LogP contribution in [0, 0.1) is 6.92 Å². The van der Waals surface area contributed by atoms with E-state index >= 15 is 0 Å². The number of hydrogen-bond acceptors (Lipinski definition) is 5. The van der Waals surface area contributed by atoms with Gasteiger partial charge in [0.25, 0.3) is 11.7 Å². The van der Waals surface area contributed by atoms with Crippen molar-refractivity contribution in [1.82, 2.24) is 9.80 Å². The Morgan fingerprint density at radius 3 is 2.39 bits per heavy atom. The molecule has 1 heterocycles. The number of aliphatic hydroxyl groups excluding tert-OH is 1. The number of amides is 1. The Labute approximate surface area is 196 Å². The molecule has 1 aliphatic heterocycles. The van der Waals surface area contributed by atoms with Crippen LogP contribution in [0.2, 0.25) is 0 Å². The monoisotopic (exact) mass is 450 g/mol. The fourth-order valence-electron chi connectivity index (χ4n) is 4.38. The molecule has 3 rings (SSSR count). The summed E-state index contributed by atoms with van der Waals surface area (Å²) in [5.41, 5.74) is 3.20. The van der Waals surface area contributed by atoms with Crippen molar-refractivity contribution in [2.24, 2.45) is 0 Å². The molecular formula is C27H34N2O4. The summed E-state index contributed by atoms with van der Waals surface area (Å²) in [6, 6.07) is 12.6. The molecular weight excluding hydrogens is 416 g/mol. The van der Waals surface area contributed by atoms with Gasteiger partial charge in [-0.3, -0.25) is 9.59 Å². The number of Topliss-reactive ketones (excluding diaryl/α,β-unsaturated/α-hetero) is 1. The van der Waals surface area contributed by atoms with Crippen molar-refractivity contribution in [1.29, 1.82) is 0 Å². The predicted molar refractivity (Wildman–Crippen MR) is 130 cm³/mol. The van der Waals surface area contributed by atoms with Gasteiger partial charge in [-0.25, -0.2) is 0 Å². The van der Waals surface area contributed by atoms with Gasteiger partial charge in [0.15, 0.2) is 0 Å². The number of carbonyl (C=O) groups excluding carboxylic acids is 2. The van der Waals surface area contributed by atoms with E-state index in [2.05, 4.69) is 0 Å². The molecule has 0 aromatic heterocycles. The first kappa shape index (κ1) is 24.5. The summed E-state index contributed by atoms with van der Waals surface area (Å²) in [5, 5.41) is 11.5. The maximum absolute atomic E-state index is 13.2. The molecule has 1 N–H and O–H groups in total. The summed E-state index contributed by atoms with van der Waals surface area (Å²) in [7, 11) is 5.57. The topological polar surface area (TPSA) is 70.1 Å². The van der Waals surface area contributed by atoms with Crippen molar-refractivity contribution >= 4 is 17.4 Å². The molecule has 0 spiro atoms. The second-order valence-electron chi connectivity index (χ2n) is 9.12. The van der Waals surface area contributed by atoms with Gasteiger partial charge in [-0.05, 0) is 68.7 Å². The standard InChI is InChI=1S/C27H34N2O4/c1-17(2)20-16-21(18(3)15-22(20)33-6)25(30)23-24(19-11-8-7-9-12-19)29(27(32)26(23)31)14-10-13-28(4)5/h7-9,11-12,15-17,24,30H,10,13-14H2,1-6H3/b25-23+. The van der Waals surface area contributed by atoms with Crippen LogP contribution in [0.25, 0.3) is 5.76 Å². The number of aliphatic hydroxyl groups is 1. The summed E-state index contributed by atoms with van der Waals surface area (Å²) in [6.45, 7) is 7.18. The van der Waals surface area contributed by atoms with Crippen molar-refractivity contribution in [3.63, 3.8) is 0 Å². The molecule has 0 bridgehead atoms. The van der Waals surface area contributed by atoms with Gasteiger partial charge in [0, 0.05) is 12.1 Å². The molecule has 1 amide bonds. The lowest BCUT2D eigenvalue weighted by molar-refractivity contribution is -0.139. The number of likely N-dealkylation sites (tertiary alicyclic amines) is 1. The zero-order chi connectivity index (χ0) is 24.3. The van der Waals surface area contributed by atoms with Gasteiger partial charge in [-0.2, -0.15) is 0 Å². The van der Waals surface area contributed by atoms with Crippen LogP contribution >= 0.6 is 0 Å². The SMILES string of the molecule is COc1cc(C)c(/C(O)=C2\C(=O)C(=O)N(CCCN(C)C)C2c2ccccc2)cc1C(C)C. The van der Waals surface area contributed by atoms with E-state index in [9.17, 15) is 14.7 Å². The Morgan fingerprint density at radius 1 is 1.15 bits per heavy atom. The highest BCUT2D eigenvalue weighted by atomic mass is 16.5. The van der Waals surface area contributed by atoms with E-state index in [0.29, 0.717) is 12.1 Å². The lowest BCUT2D eigenvalue weighted by Crippen LogP contribution is -2.32. The number of aryl methyl sites for hydroxylation is 1. The molecule has 0 radical (unpaired) electrons. The minimum atomic E-state index is -0.646. The van der Waals surface area contributed by atoms with Gasteiger partial charge in [0.2, 0.25) is 0 Å². The Balaban J connectivity index is 2.17. The highest BCUT2D eigenvalue weighted by Gasteiger charge is 2.45. The normalized spacial score (nSPS) is 17.9. The fourth-order valence-corrected chi connectivity index (χ4v) is 4.38. The van der Waals surface area contributed by atoms with E-state index in [4.69, 9.17) is 4.74 Å². The summed E-state index contributed by atoms with van der Waals surface area (Å²) in [4.78, 5) is 29.9. The second-order valence-corrected chi connectivity index (χ2v) is 9.12. The zero-order valence-electron chi connectivity index (χ0n) is 20.4. The largest absolute Gasteiger partial charge is 0.507 e. The number of rotatable bonds is 8. The summed E-state index contributed by atoms with van der Waals surface area (Å²) in [6.07, 6.45) is 0.725. The number of hydrogen-bond donors (Lipinski definition) is 1. The molecule has 2 aromatic carbocycles. The van der Waals surface area contributed by atoms with Gasteiger partial charge in [-0.1, -0.05) is 44.2 Å². The zero-order valence-corrected chi connectivity index (χ0v) is 20.4. The number of ketones is 1. The van der Waals surface area contributed by atoms with Gasteiger partial charge >= 0.3 is 0 Å². The number of benzene rings is 2.